The molecule has 4 rings (SSSR count). The molecule has 1 heterocycles. The van der Waals surface area contributed by atoms with Crippen molar-refractivity contribution in [1.29, 1.82) is 0 Å². The minimum absolute atomic E-state index is 0.0949. The number of hydrogen-bond acceptors (Lipinski definition) is 6. The van der Waals surface area contributed by atoms with Crippen molar-refractivity contribution in [2.45, 2.75) is 52.4 Å². The van der Waals surface area contributed by atoms with Gasteiger partial charge in [-0.25, -0.2) is 0 Å². The first kappa shape index (κ1) is 16.9. The van der Waals surface area contributed by atoms with Gasteiger partial charge in [0.2, 0.25) is 0 Å². The molecule has 25 heavy (non-hydrogen) atoms. The van der Waals surface area contributed by atoms with Gasteiger partial charge in [-0.05, 0) is 18.9 Å². The van der Waals surface area contributed by atoms with Gasteiger partial charge in [0.1, 0.15) is 18.0 Å². The molecule has 6 nitrogen and oxygen atoms in total. The van der Waals surface area contributed by atoms with Crippen LogP contribution in [-0.2, 0) is 19.1 Å². The number of carbonyl (C=O) groups is 3. The van der Waals surface area contributed by atoms with Gasteiger partial charge in [-0.15, -0.1) is 0 Å². The first-order chi connectivity index (χ1) is 11.6. The molecule has 2 saturated carbocycles. The zero-order valence-electron chi connectivity index (χ0n) is 14.9. The lowest BCUT2D eigenvalue weighted by molar-refractivity contribution is -0.208. The van der Waals surface area contributed by atoms with E-state index in [-0.39, 0.29) is 24.0 Å². The number of fused-ring (bicyclic) bond motifs is 6. The van der Waals surface area contributed by atoms with Crippen LogP contribution >= 0.6 is 0 Å². The number of allylic oxidation sites excluding steroid dienone is 1. The van der Waals surface area contributed by atoms with Crippen LogP contribution in [0.5, 0.6) is 0 Å². The number of carbonyl (C=O) groups excluding carboxylic acids is 3. The van der Waals surface area contributed by atoms with Crippen molar-refractivity contribution < 1.29 is 29.3 Å². The summed E-state index contributed by atoms with van der Waals surface area (Å²) in [6.07, 6.45) is -1.54. The minimum atomic E-state index is -1.31. The van der Waals surface area contributed by atoms with Crippen LogP contribution in [0.15, 0.2) is 11.6 Å². The Balaban J connectivity index is 1.96. The van der Waals surface area contributed by atoms with Crippen LogP contribution in [0.25, 0.3) is 0 Å². The second-order valence-electron chi connectivity index (χ2n) is 8.73. The van der Waals surface area contributed by atoms with Gasteiger partial charge in [0.25, 0.3) is 0 Å². The second-order valence-corrected chi connectivity index (χ2v) is 8.73. The molecule has 136 valence electrons. The smallest absolute Gasteiger partial charge is 0.310 e. The quantitative estimate of drug-likeness (QED) is 0.623. The molecule has 0 aromatic rings. The summed E-state index contributed by atoms with van der Waals surface area (Å²) < 4.78 is 5.41. The average molecular weight is 348 g/mol. The lowest BCUT2D eigenvalue weighted by atomic mass is 9.40. The summed E-state index contributed by atoms with van der Waals surface area (Å²) in [5.41, 5.74) is -1.41. The molecule has 0 radical (unpaired) electrons. The zero-order valence-corrected chi connectivity index (χ0v) is 14.9. The Hall–Kier alpha value is -1.53. The van der Waals surface area contributed by atoms with E-state index in [1.807, 2.05) is 6.92 Å². The predicted molar refractivity (Wildman–Crippen MR) is 86.1 cm³/mol. The highest BCUT2D eigenvalue weighted by Crippen LogP contribution is 2.66. The zero-order chi connectivity index (χ0) is 18.5. The topological polar surface area (TPSA) is 101 Å². The molecule has 0 unspecified atom stereocenters. The SMILES string of the molecule is CC1=CC(=O)[C@@H](O)[C@]2(C)[C@@H]3[C@@H](O)[C@@H]4OC(=O)[C@@H]([C@H]4C)[C@]3(C)C(=O)C[C@@H]12. The van der Waals surface area contributed by atoms with Crippen molar-refractivity contribution in [2.24, 2.45) is 34.5 Å². The molecule has 2 bridgehead atoms. The maximum Gasteiger partial charge on any atom is 0.310 e. The van der Waals surface area contributed by atoms with Gasteiger partial charge in [-0.1, -0.05) is 26.3 Å². The van der Waals surface area contributed by atoms with E-state index in [4.69, 9.17) is 4.74 Å². The van der Waals surface area contributed by atoms with Gasteiger partial charge < -0.3 is 14.9 Å². The van der Waals surface area contributed by atoms with Gasteiger partial charge in [-0.3, -0.25) is 14.4 Å². The van der Waals surface area contributed by atoms with Crippen LogP contribution in [0.1, 0.15) is 34.1 Å². The first-order valence-corrected chi connectivity index (χ1v) is 8.88. The summed E-state index contributed by atoms with van der Waals surface area (Å²) in [5, 5.41) is 21.9. The molecule has 1 saturated heterocycles. The van der Waals surface area contributed by atoms with Gasteiger partial charge in [0.15, 0.2) is 5.78 Å². The Morgan fingerprint density at radius 3 is 2.48 bits per heavy atom. The standard InChI is InChI=1S/C19H24O6/c1-7-5-10(20)16(23)18(3)9(7)6-11(21)19(4)12-8(2)14(25-17(12)24)13(22)15(18)19/h5,8-9,12-16,22-23H,6H2,1-4H3/t8-,9+,12-,13+,14-,15+,16-,18+,19+/m1/s1. The van der Waals surface area contributed by atoms with E-state index in [1.54, 1.807) is 20.8 Å². The van der Waals surface area contributed by atoms with E-state index in [1.165, 1.54) is 6.08 Å². The van der Waals surface area contributed by atoms with Crippen LogP contribution in [0, 0.1) is 34.5 Å². The third kappa shape index (κ3) is 1.70. The van der Waals surface area contributed by atoms with E-state index < -0.39 is 52.7 Å². The Kier molecular flexibility index (Phi) is 3.24. The van der Waals surface area contributed by atoms with Crippen molar-refractivity contribution in [1.82, 2.24) is 0 Å². The lowest BCUT2D eigenvalue weighted by Crippen LogP contribution is -2.70. The molecule has 0 aromatic carbocycles. The molecule has 0 aromatic heterocycles. The van der Waals surface area contributed by atoms with E-state index in [0.29, 0.717) is 0 Å². The average Bonchev–Trinajstić information content (AvgIpc) is 2.78. The van der Waals surface area contributed by atoms with Crippen molar-refractivity contribution in [3.05, 3.63) is 11.6 Å². The van der Waals surface area contributed by atoms with E-state index in [9.17, 15) is 24.6 Å². The highest BCUT2D eigenvalue weighted by atomic mass is 16.6. The number of Topliss-reactive ketones (excluding diaryl/α,β-unsaturated/α-hetero) is 1. The molecule has 0 amide bonds. The molecule has 4 aliphatic rings. The van der Waals surface area contributed by atoms with Gasteiger partial charge >= 0.3 is 5.97 Å². The van der Waals surface area contributed by atoms with Crippen molar-refractivity contribution in [3.8, 4) is 0 Å². The maximum atomic E-state index is 13.2. The summed E-state index contributed by atoms with van der Waals surface area (Å²) in [6.45, 7) is 7.09. The number of aliphatic hydroxyl groups is 2. The third-order valence-electron chi connectivity index (χ3n) is 7.71. The highest BCUT2D eigenvalue weighted by molar-refractivity contribution is 5.98. The summed E-state index contributed by atoms with van der Waals surface area (Å²) in [4.78, 5) is 38.0. The molecule has 9 atom stereocenters. The Morgan fingerprint density at radius 2 is 1.84 bits per heavy atom. The van der Waals surface area contributed by atoms with E-state index in [0.717, 1.165) is 5.57 Å². The van der Waals surface area contributed by atoms with E-state index >= 15 is 0 Å². The molecule has 3 aliphatic carbocycles. The molecular formula is C19H24O6. The largest absolute Gasteiger partial charge is 0.459 e. The van der Waals surface area contributed by atoms with Gasteiger partial charge in [-0.2, -0.15) is 0 Å². The summed E-state index contributed by atoms with van der Waals surface area (Å²) in [7, 11) is 0. The Morgan fingerprint density at radius 1 is 1.20 bits per heavy atom. The fourth-order valence-corrected chi connectivity index (χ4v) is 6.55. The molecular weight excluding hydrogens is 324 g/mol. The van der Waals surface area contributed by atoms with Crippen LogP contribution in [0.3, 0.4) is 0 Å². The van der Waals surface area contributed by atoms with Crippen LogP contribution in [-0.4, -0.2) is 46.1 Å². The maximum absolute atomic E-state index is 13.2. The van der Waals surface area contributed by atoms with E-state index in [2.05, 4.69) is 0 Å². The summed E-state index contributed by atoms with van der Waals surface area (Å²) in [5.74, 6) is -2.93. The fourth-order valence-electron chi connectivity index (χ4n) is 6.55. The number of ether oxygens (including phenoxy) is 1. The number of rotatable bonds is 0. The Bertz CT molecular complexity index is 725. The highest BCUT2D eigenvalue weighted by Gasteiger charge is 2.74. The summed E-state index contributed by atoms with van der Waals surface area (Å²) in [6, 6.07) is 0. The van der Waals surface area contributed by atoms with Crippen molar-refractivity contribution in [3.63, 3.8) is 0 Å². The van der Waals surface area contributed by atoms with Crippen LogP contribution in [0.2, 0.25) is 0 Å². The second kappa shape index (κ2) is 4.80. The lowest BCUT2D eigenvalue weighted by Gasteiger charge is -2.62. The summed E-state index contributed by atoms with van der Waals surface area (Å²) >= 11 is 0. The monoisotopic (exact) mass is 348 g/mol. The van der Waals surface area contributed by atoms with Crippen molar-refractivity contribution in [2.75, 3.05) is 0 Å². The van der Waals surface area contributed by atoms with Gasteiger partial charge in [0, 0.05) is 29.1 Å². The molecule has 3 fully saturated rings. The van der Waals surface area contributed by atoms with Crippen LogP contribution < -0.4 is 0 Å². The molecule has 1 aliphatic heterocycles. The molecule has 2 N–H and O–H groups in total. The Labute approximate surface area is 146 Å². The molecule has 6 heteroatoms. The number of ketones is 2. The van der Waals surface area contributed by atoms with Crippen LogP contribution in [0.4, 0.5) is 0 Å². The fraction of sp³-hybridized carbons (Fsp3) is 0.737. The number of hydrogen-bond donors (Lipinski definition) is 2. The third-order valence-corrected chi connectivity index (χ3v) is 7.71. The normalized spacial score (nSPS) is 54.6. The predicted octanol–water partition coefficient (Wildman–Crippen LogP) is 0.646. The van der Waals surface area contributed by atoms with Gasteiger partial charge in [0.05, 0.1) is 12.0 Å². The first-order valence-electron chi connectivity index (χ1n) is 8.88. The number of esters is 1. The number of aliphatic hydroxyl groups excluding tert-OH is 2. The minimum Gasteiger partial charge on any atom is -0.459 e. The molecule has 0 spiro atoms. The van der Waals surface area contributed by atoms with Crippen molar-refractivity contribution >= 4 is 17.5 Å².